The maximum absolute atomic E-state index is 13.0. The third-order valence-electron chi connectivity index (χ3n) is 3.56. The van der Waals surface area contributed by atoms with Gasteiger partial charge in [-0.3, -0.25) is 0 Å². The van der Waals surface area contributed by atoms with E-state index in [9.17, 15) is 13.2 Å². The number of aromatic nitrogens is 1. The molecule has 2 aromatic rings. The first-order valence-corrected chi connectivity index (χ1v) is 6.61. The van der Waals surface area contributed by atoms with Crippen LogP contribution in [0.5, 0.6) is 0 Å². The average Bonchev–Trinajstić information content (AvgIpc) is 2.89. The van der Waals surface area contributed by atoms with E-state index in [1.807, 2.05) is 29.2 Å². The van der Waals surface area contributed by atoms with Crippen LogP contribution in [0.4, 0.5) is 30.5 Å². The number of para-hydroxylation sites is 1. The summed E-state index contributed by atoms with van der Waals surface area (Å²) in [5, 5.41) is 2.69. The third-order valence-corrected chi connectivity index (χ3v) is 3.56. The molecule has 3 nitrogen and oxygen atoms in total. The number of rotatable bonds is 2. The van der Waals surface area contributed by atoms with Crippen LogP contribution in [0.15, 0.2) is 36.4 Å². The smallest absolute Gasteiger partial charge is 0.373 e. The zero-order valence-corrected chi connectivity index (χ0v) is 11.4. The Morgan fingerprint density at radius 1 is 1.19 bits per heavy atom. The minimum Gasteiger partial charge on any atom is -0.373 e. The second kappa shape index (κ2) is 4.95. The summed E-state index contributed by atoms with van der Waals surface area (Å²) in [4.78, 5) is 6.09. The van der Waals surface area contributed by atoms with E-state index >= 15 is 0 Å². The predicted octanol–water partition coefficient (Wildman–Crippen LogP) is 3.84. The molecule has 0 saturated heterocycles. The summed E-state index contributed by atoms with van der Waals surface area (Å²) in [6.45, 7) is 0.636. The Labute approximate surface area is 120 Å². The normalized spacial score (nSPS) is 14.2. The number of fused-ring (bicyclic) bond motifs is 1. The lowest BCUT2D eigenvalue weighted by Gasteiger charge is -2.20. The first-order chi connectivity index (χ1) is 9.99. The van der Waals surface area contributed by atoms with Crippen LogP contribution in [0, 0.1) is 0 Å². The Hall–Kier alpha value is -2.24. The van der Waals surface area contributed by atoms with Crippen LogP contribution in [-0.2, 0) is 12.6 Å². The molecule has 0 atom stereocenters. The molecule has 0 radical (unpaired) electrons. The van der Waals surface area contributed by atoms with E-state index < -0.39 is 11.7 Å². The largest absolute Gasteiger partial charge is 0.416 e. The van der Waals surface area contributed by atoms with Crippen LogP contribution in [0.3, 0.4) is 0 Å². The number of hydrogen-bond donors (Lipinski definition) is 1. The number of anilines is 3. The van der Waals surface area contributed by atoms with Crippen molar-refractivity contribution < 1.29 is 13.2 Å². The fraction of sp³-hybridized carbons (Fsp3) is 0.267. The number of nitrogens with one attached hydrogen (secondary N) is 1. The predicted molar refractivity (Wildman–Crippen MR) is 75.9 cm³/mol. The van der Waals surface area contributed by atoms with Crippen LogP contribution in [0.2, 0.25) is 0 Å². The quantitative estimate of drug-likeness (QED) is 0.912. The maximum atomic E-state index is 13.0. The molecule has 0 aliphatic carbocycles. The van der Waals surface area contributed by atoms with Gasteiger partial charge in [0.1, 0.15) is 11.6 Å². The van der Waals surface area contributed by atoms with E-state index in [1.54, 1.807) is 7.05 Å². The van der Waals surface area contributed by atoms with E-state index in [0.717, 1.165) is 29.8 Å². The van der Waals surface area contributed by atoms with Gasteiger partial charge in [0.15, 0.2) is 0 Å². The molecule has 0 unspecified atom stereocenters. The minimum atomic E-state index is -4.39. The standard InChI is InChI=1S/C15H14F3N3/c1-19-13-8-11(15(16,17)18)9-14(20-13)21-7-6-10-4-2-3-5-12(10)21/h2-5,8-9H,6-7H2,1H3,(H,19,20). The molecule has 0 saturated carbocycles. The highest BCUT2D eigenvalue weighted by molar-refractivity contribution is 5.69. The van der Waals surface area contributed by atoms with Crippen molar-refractivity contribution in [1.29, 1.82) is 0 Å². The number of alkyl halides is 3. The van der Waals surface area contributed by atoms with Gasteiger partial charge in [0.2, 0.25) is 0 Å². The highest BCUT2D eigenvalue weighted by Gasteiger charge is 2.33. The zero-order chi connectivity index (χ0) is 15.0. The highest BCUT2D eigenvalue weighted by Crippen LogP contribution is 2.37. The Morgan fingerprint density at radius 3 is 2.67 bits per heavy atom. The summed E-state index contributed by atoms with van der Waals surface area (Å²) in [5.41, 5.74) is 1.36. The fourth-order valence-electron chi connectivity index (χ4n) is 2.52. The maximum Gasteiger partial charge on any atom is 0.416 e. The van der Waals surface area contributed by atoms with Gasteiger partial charge in [-0.2, -0.15) is 13.2 Å². The molecule has 1 aliphatic heterocycles. The van der Waals surface area contributed by atoms with E-state index in [-0.39, 0.29) is 5.82 Å². The summed E-state index contributed by atoms with van der Waals surface area (Å²) in [6, 6.07) is 9.82. The van der Waals surface area contributed by atoms with Crippen LogP contribution in [0.25, 0.3) is 0 Å². The third kappa shape index (κ3) is 2.53. The molecular weight excluding hydrogens is 279 g/mol. The summed E-state index contributed by atoms with van der Waals surface area (Å²) in [6.07, 6.45) is -3.58. The van der Waals surface area contributed by atoms with Gasteiger partial charge in [-0.1, -0.05) is 18.2 Å². The van der Waals surface area contributed by atoms with Crippen LogP contribution in [0.1, 0.15) is 11.1 Å². The summed E-state index contributed by atoms with van der Waals surface area (Å²) in [7, 11) is 1.56. The van der Waals surface area contributed by atoms with E-state index in [1.165, 1.54) is 0 Å². The fourth-order valence-corrected chi connectivity index (χ4v) is 2.52. The molecule has 2 heterocycles. The highest BCUT2D eigenvalue weighted by atomic mass is 19.4. The molecule has 110 valence electrons. The van der Waals surface area contributed by atoms with Crippen molar-refractivity contribution in [2.75, 3.05) is 23.8 Å². The van der Waals surface area contributed by atoms with Gasteiger partial charge in [-0.05, 0) is 30.2 Å². The minimum absolute atomic E-state index is 0.212. The first-order valence-electron chi connectivity index (χ1n) is 6.61. The first kappa shape index (κ1) is 13.7. The van der Waals surface area contributed by atoms with Crippen LogP contribution < -0.4 is 10.2 Å². The summed E-state index contributed by atoms with van der Waals surface area (Å²) >= 11 is 0. The van der Waals surface area contributed by atoms with Crippen LogP contribution >= 0.6 is 0 Å². The van der Waals surface area contributed by atoms with Crippen molar-refractivity contribution >= 4 is 17.3 Å². The molecular formula is C15H14F3N3. The lowest BCUT2D eigenvalue weighted by atomic mass is 10.2. The van der Waals surface area contributed by atoms with E-state index in [4.69, 9.17) is 0 Å². The molecule has 0 spiro atoms. The monoisotopic (exact) mass is 293 g/mol. The van der Waals surface area contributed by atoms with Crippen molar-refractivity contribution in [3.63, 3.8) is 0 Å². The van der Waals surface area contributed by atoms with Crippen molar-refractivity contribution in [3.05, 3.63) is 47.5 Å². The van der Waals surface area contributed by atoms with Gasteiger partial charge in [0, 0.05) is 19.3 Å². The average molecular weight is 293 g/mol. The van der Waals surface area contributed by atoms with Gasteiger partial charge in [0.25, 0.3) is 0 Å². The number of benzene rings is 1. The molecule has 6 heteroatoms. The molecule has 1 aromatic heterocycles. The number of hydrogen-bond acceptors (Lipinski definition) is 3. The number of nitrogens with zero attached hydrogens (tertiary/aromatic N) is 2. The van der Waals surface area contributed by atoms with Gasteiger partial charge in [-0.15, -0.1) is 0 Å². The Balaban J connectivity index is 2.07. The van der Waals surface area contributed by atoms with Crippen LogP contribution in [-0.4, -0.2) is 18.6 Å². The van der Waals surface area contributed by atoms with Crippen molar-refractivity contribution in [2.45, 2.75) is 12.6 Å². The van der Waals surface area contributed by atoms with Gasteiger partial charge >= 0.3 is 6.18 Å². The van der Waals surface area contributed by atoms with Gasteiger partial charge in [0.05, 0.1) is 5.56 Å². The SMILES string of the molecule is CNc1cc(C(F)(F)F)cc(N2CCc3ccccc32)n1. The Morgan fingerprint density at radius 2 is 1.95 bits per heavy atom. The topological polar surface area (TPSA) is 28.2 Å². The van der Waals surface area contributed by atoms with E-state index in [2.05, 4.69) is 10.3 Å². The lowest BCUT2D eigenvalue weighted by molar-refractivity contribution is -0.137. The molecule has 1 aromatic carbocycles. The van der Waals surface area contributed by atoms with E-state index in [0.29, 0.717) is 12.4 Å². The molecule has 0 fully saturated rings. The Bertz CT molecular complexity index is 667. The van der Waals surface area contributed by atoms with Crippen molar-refractivity contribution in [2.24, 2.45) is 0 Å². The summed E-state index contributed by atoms with van der Waals surface area (Å²) in [5.74, 6) is 0.531. The Kier molecular flexibility index (Phi) is 3.23. The summed E-state index contributed by atoms with van der Waals surface area (Å²) < 4.78 is 39.0. The number of halogens is 3. The van der Waals surface area contributed by atoms with Crippen molar-refractivity contribution in [3.8, 4) is 0 Å². The van der Waals surface area contributed by atoms with Gasteiger partial charge in [-0.25, -0.2) is 4.98 Å². The lowest BCUT2D eigenvalue weighted by Crippen LogP contribution is -2.17. The zero-order valence-electron chi connectivity index (χ0n) is 11.4. The second-order valence-corrected chi connectivity index (χ2v) is 4.88. The molecule has 1 aliphatic rings. The van der Waals surface area contributed by atoms with Gasteiger partial charge < -0.3 is 10.2 Å². The van der Waals surface area contributed by atoms with Crippen molar-refractivity contribution in [1.82, 2.24) is 4.98 Å². The molecule has 21 heavy (non-hydrogen) atoms. The number of pyridine rings is 1. The molecule has 0 amide bonds. The molecule has 3 rings (SSSR count). The molecule has 1 N–H and O–H groups in total. The molecule has 0 bridgehead atoms. The second-order valence-electron chi connectivity index (χ2n) is 4.88.